The molecule has 31 heavy (non-hydrogen) atoms. The number of hydrogen-bond acceptors (Lipinski definition) is 7. The molecule has 7 nitrogen and oxygen atoms in total. The Hall–Kier alpha value is -3.34. The number of fused-ring (bicyclic) bond motifs is 1. The molecular formula is C20H14BrF3N6O. The molecule has 0 bridgehead atoms. The van der Waals surface area contributed by atoms with Crippen LogP contribution in [0.25, 0.3) is 11.2 Å². The fraction of sp³-hybridized carbons (Fsp3) is 0.150. The lowest BCUT2D eigenvalue weighted by molar-refractivity contribution is -0.137. The molecule has 158 valence electrons. The minimum absolute atomic E-state index is 0.137. The Morgan fingerprint density at radius 1 is 0.935 bits per heavy atom. The molecule has 0 amide bonds. The van der Waals surface area contributed by atoms with Crippen LogP contribution in [0.5, 0.6) is 11.6 Å². The summed E-state index contributed by atoms with van der Waals surface area (Å²) >= 11 is 3.40. The molecule has 1 aromatic carbocycles. The second-order valence-electron chi connectivity index (χ2n) is 6.37. The average Bonchev–Trinajstić information content (AvgIpc) is 2.75. The van der Waals surface area contributed by atoms with E-state index in [1.165, 1.54) is 6.33 Å². The van der Waals surface area contributed by atoms with Crippen molar-refractivity contribution in [2.75, 3.05) is 11.9 Å². The van der Waals surface area contributed by atoms with Crippen LogP contribution in [0.3, 0.4) is 0 Å². The second-order valence-corrected chi connectivity index (χ2v) is 7.23. The summed E-state index contributed by atoms with van der Waals surface area (Å²) in [5.41, 5.74) is 1.25. The van der Waals surface area contributed by atoms with E-state index in [4.69, 9.17) is 4.74 Å². The van der Waals surface area contributed by atoms with Crippen LogP contribution < -0.4 is 10.1 Å². The minimum Gasteiger partial charge on any atom is -0.438 e. The Labute approximate surface area is 182 Å². The summed E-state index contributed by atoms with van der Waals surface area (Å²) in [5.74, 6) is 0.815. The molecule has 0 aliphatic rings. The zero-order valence-electron chi connectivity index (χ0n) is 15.8. The van der Waals surface area contributed by atoms with Crippen molar-refractivity contribution in [3.63, 3.8) is 0 Å². The molecule has 3 aromatic heterocycles. The Balaban J connectivity index is 1.41. The van der Waals surface area contributed by atoms with Crippen LogP contribution in [-0.4, -0.2) is 31.5 Å². The molecule has 0 saturated carbocycles. The standard InChI is InChI=1S/C20H14BrF3N6O/c21-14-9-12(3-5-27-18-17-19(30-11-29-18)28-8-7-26-17)1-2-15(14)31-16-10-13(4-6-25-16)20(22,23)24/h1-2,4,6-11H,3,5H2,(H,27,28,29,30). The third-order valence-electron chi connectivity index (χ3n) is 4.25. The van der Waals surface area contributed by atoms with E-state index in [0.717, 1.165) is 23.9 Å². The fourth-order valence-corrected chi connectivity index (χ4v) is 3.29. The largest absolute Gasteiger partial charge is 0.438 e. The highest BCUT2D eigenvalue weighted by Gasteiger charge is 2.31. The summed E-state index contributed by atoms with van der Waals surface area (Å²) in [6, 6.07) is 7.09. The number of rotatable bonds is 6. The number of aromatic nitrogens is 5. The number of hydrogen-bond donors (Lipinski definition) is 1. The zero-order valence-corrected chi connectivity index (χ0v) is 17.4. The molecule has 4 rings (SSSR count). The van der Waals surface area contributed by atoms with Crippen LogP contribution >= 0.6 is 15.9 Å². The monoisotopic (exact) mass is 490 g/mol. The van der Waals surface area contributed by atoms with Gasteiger partial charge in [0, 0.05) is 31.2 Å². The number of ether oxygens (including phenoxy) is 1. The topological polar surface area (TPSA) is 85.7 Å². The van der Waals surface area contributed by atoms with Gasteiger partial charge in [-0.05, 0) is 46.1 Å². The number of anilines is 1. The summed E-state index contributed by atoms with van der Waals surface area (Å²) in [6.45, 7) is 0.574. The Morgan fingerprint density at radius 3 is 2.58 bits per heavy atom. The van der Waals surface area contributed by atoms with Gasteiger partial charge in [-0.3, -0.25) is 0 Å². The van der Waals surface area contributed by atoms with Gasteiger partial charge in [-0.1, -0.05) is 6.07 Å². The lowest BCUT2D eigenvalue weighted by atomic mass is 10.1. The van der Waals surface area contributed by atoms with Gasteiger partial charge in [0.25, 0.3) is 0 Å². The van der Waals surface area contributed by atoms with Crippen LogP contribution in [0.4, 0.5) is 19.0 Å². The van der Waals surface area contributed by atoms with E-state index in [0.29, 0.717) is 40.2 Å². The van der Waals surface area contributed by atoms with E-state index in [1.54, 1.807) is 18.5 Å². The van der Waals surface area contributed by atoms with Crippen molar-refractivity contribution in [3.05, 3.63) is 70.8 Å². The average molecular weight is 491 g/mol. The molecule has 3 heterocycles. The van der Waals surface area contributed by atoms with Crippen LogP contribution in [0, 0.1) is 0 Å². The third kappa shape index (κ3) is 5.05. The predicted molar refractivity (Wildman–Crippen MR) is 111 cm³/mol. The van der Waals surface area contributed by atoms with Gasteiger partial charge in [-0.25, -0.2) is 24.9 Å². The molecule has 0 fully saturated rings. The van der Waals surface area contributed by atoms with Gasteiger partial charge in [0.15, 0.2) is 11.5 Å². The van der Waals surface area contributed by atoms with E-state index in [1.807, 2.05) is 12.1 Å². The van der Waals surface area contributed by atoms with Crippen molar-refractivity contribution < 1.29 is 17.9 Å². The molecule has 0 spiro atoms. The highest BCUT2D eigenvalue weighted by atomic mass is 79.9. The van der Waals surface area contributed by atoms with Gasteiger partial charge in [0.2, 0.25) is 5.88 Å². The Bertz CT molecular complexity index is 1220. The SMILES string of the molecule is FC(F)(F)c1ccnc(Oc2ccc(CCNc3ncnc4nccnc34)cc2Br)c1. The highest BCUT2D eigenvalue weighted by molar-refractivity contribution is 9.10. The molecule has 0 unspecified atom stereocenters. The molecule has 0 radical (unpaired) electrons. The molecule has 0 atom stereocenters. The van der Waals surface area contributed by atoms with Crippen LogP contribution in [0.15, 0.2) is 59.7 Å². The van der Waals surface area contributed by atoms with Gasteiger partial charge in [-0.15, -0.1) is 0 Å². The second kappa shape index (κ2) is 8.80. The minimum atomic E-state index is -4.46. The first-order valence-corrected chi connectivity index (χ1v) is 9.84. The first kappa shape index (κ1) is 20.9. The molecule has 0 aliphatic heterocycles. The van der Waals surface area contributed by atoms with Crippen molar-refractivity contribution >= 4 is 32.9 Å². The van der Waals surface area contributed by atoms with Crippen LogP contribution in [-0.2, 0) is 12.6 Å². The number of nitrogens with one attached hydrogen (secondary N) is 1. The maximum atomic E-state index is 12.9. The molecule has 0 aliphatic carbocycles. The van der Waals surface area contributed by atoms with Crippen molar-refractivity contribution in [2.45, 2.75) is 12.6 Å². The van der Waals surface area contributed by atoms with E-state index in [9.17, 15) is 13.2 Å². The van der Waals surface area contributed by atoms with Crippen LogP contribution in [0.1, 0.15) is 11.1 Å². The number of pyridine rings is 1. The predicted octanol–water partition coefficient (Wildman–Crippen LogP) is 5.04. The first-order valence-electron chi connectivity index (χ1n) is 9.05. The quantitative estimate of drug-likeness (QED) is 0.405. The van der Waals surface area contributed by atoms with Crippen LogP contribution in [0.2, 0.25) is 0 Å². The number of nitrogens with zero attached hydrogens (tertiary/aromatic N) is 5. The normalized spacial score (nSPS) is 11.5. The Kier molecular flexibility index (Phi) is 5.94. The fourth-order valence-electron chi connectivity index (χ4n) is 2.79. The smallest absolute Gasteiger partial charge is 0.416 e. The number of alkyl halides is 3. The van der Waals surface area contributed by atoms with Gasteiger partial charge < -0.3 is 10.1 Å². The number of halogens is 4. The maximum absolute atomic E-state index is 12.9. The Morgan fingerprint density at radius 2 is 1.77 bits per heavy atom. The summed E-state index contributed by atoms with van der Waals surface area (Å²) in [6.07, 6.45) is 1.82. The lowest BCUT2D eigenvalue weighted by Crippen LogP contribution is -2.08. The molecule has 11 heteroatoms. The van der Waals surface area contributed by atoms with Crippen molar-refractivity contribution in [1.29, 1.82) is 0 Å². The molecule has 0 saturated heterocycles. The third-order valence-corrected chi connectivity index (χ3v) is 4.87. The van der Waals surface area contributed by atoms with Crippen molar-refractivity contribution in [1.82, 2.24) is 24.9 Å². The summed E-state index contributed by atoms with van der Waals surface area (Å²) in [4.78, 5) is 20.5. The first-order chi connectivity index (χ1) is 14.9. The van der Waals surface area contributed by atoms with Gasteiger partial charge in [0.05, 0.1) is 10.0 Å². The maximum Gasteiger partial charge on any atom is 0.416 e. The molecule has 1 N–H and O–H groups in total. The van der Waals surface area contributed by atoms with E-state index in [-0.39, 0.29) is 5.88 Å². The number of benzene rings is 1. The highest BCUT2D eigenvalue weighted by Crippen LogP contribution is 2.34. The summed E-state index contributed by atoms with van der Waals surface area (Å²) in [5, 5.41) is 3.21. The van der Waals surface area contributed by atoms with E-state index >= 15 is 0 Å². The zero-order chi connectivity index (χ0) is 21.8. The molecular weight excluding hydrogens is 477 g/mol. The summed E-state index contributed by atoms with van der Waals surface area (Å²) < 4.78 is 44.7. The van der Waals surface area contributed by atoms with Gasteiger partial charge in [-0.2, -0.15) is 13.2 Å². The van der Waals surface area contributed by atoms with Gasteiger partial charge in [0.1, 0.15) is 17.6 Å². The van der Waals surface area contributed by atoms with E-state index < -0.39 is 11.7 Å². The summed E-state index contributed by atoms with van der Waals surface area (Å²) in [7, 11) is 0. The van der Waals surface area contributed by atoms with Crippen molar-refractivity contribution in [2.24, 2.45) is 0 Å². The lowest BCUT2D eigenvalue weighted by Gasteiger charge is -2.11. The van der Waals surface area contributed by atoms with Crippen molar-refractivity contribution in [3.8, 4) is 11.6 Å². The van der Waals surface area contributed by atoms with E-state index in [2.05, 4.69) is 46.2 Å². The molecule has 4 aromatic rings. The van der Waals surface area contributed by atoms with Gasteiger partial charge >= 0.3 is 6.18 Å².